The van der Waals surface area contributed by atoms with E-state index >= 15 is 0 Å². The molecule has 1 aliphatic rings. The minimum atomic E-state index is -0.304. The van der Waals surface area contributed by atoms with Crippen LogP contribution < -0.4 is 10.6 Å². The molecule has 1 saturated carbocycles. The summed E-state index contributed by atoms with van der Waals surface area (Å²) in [6, 6.07) is 5.84. The highest BCUT2D eigenvalue weighted by Gasteiger charge is 2.28. The molecular weight excluding hydrogens is 306 g/mol. The number of aliphatic hydroxyl groups excluding tert-OH is 1. The number of nitrogen functional groups attached to an aromatic ring is 1. The highest BCUT2D eigenvalue weighted by molar-refractivity contribution is 9.10. The molecule has 2 atom stereocenters. The zero-order valence-corrected chi connectivity index (χ0v) is 12.7. The monoisotopic (exact) mass is 325 g/mol. The predicted octanol–water partition coefficient (Wildman–Crippen LogP) is 2.47. The lowest BCUT2D eigenvalue weighted by Crippen LogP contribution is -2.44. The first-order valence-corrected chi connectivity index (χ1v) is 7.35. The summed E-state index contributed by atoms with van der Waals surface area (Å²) in [6.45, 7) is 0. The number of halogens is 1. The fraction of sp³-hybridized carbons (Fsp3) is 0.500. The van der Waals surface area contributed by atoms with Crippen LogP contribution in [-0.4, -0.2) is 30.1 Å². The van der Waals surface area contributed by atoms with E-state index in [-0.39, 0.29) is 18.0 Å². The van der Waals surface area contributed by atoms with E-state index in [1.165, 1.54) is 0 Å². The summed E-state index contributed by atoms with van der Waals surface area (Å²) in [7, 11) is 1.97. The van der Waals surface area contributed by atoms with Crippen molar-refractivity contribution in [2.45, 2.75) is 37.8 Å². The smallest absolute Gasteiger partial charge is 0.124 e. The Hall–Kier alpha value is -1.07. The number of nitrogens with one attached hydrogen (secondary N) is 1. The first-order valence-electron chi connectivity index (χ1n) is 6.55. The molecule has 0 spiro atoms. The summed E-state index contributed by atoms with van der Waals surface area (Å²) in [5, 5.41) is 17.8. The fourth-order valence-electron chi connectivity index (χ4n) is 2.75. The lowest BCUT2D eigenvalue weighted by Gasteiger charge is -2.37. The van der Waals surface area contributed by atoms with Crippen LogP contribution >= 0.6 is 15.9 Å². The third kappa shape index (κ3) is 3.09. The Morgan fingerprint density at radius 2 is 2.11 bits per heavy atom. The molecule has 0 saturated heterocycles. The number of aliphatic hydroxyl groups is 1. The molecule has 1 aliphatic carbocycles. The van der Waals surface area contributed by atoms with Crippen molar-refractivity contribution in [3.8, 4) is 0 Å². The largest absolute Gasteiger partial charge is 0.391 e. The van der Waals surface area contributed by atoms with E-state index in [0.29, 0.717) is 5.56 Å². The van der Waals surface area contributed by atoms with Gasteiger partial charge in [-0.25, -0.2) is 0 Å². The van der Waals surface area contributed by atoms with E-state index in [1.54, 1.807) is 0 Å². The third-order valence-corrected chi connectivity index (χ3v) is 4.31. The Morgan fingerprint density at radius 3 is 2.74 bits per heavy atom. The Kier molecular flexibility index (Phi) is 4.47. The quantitative estimate of drug-likeness (QED) is 0.590. The summed E-state index contributed by atoms with van der Waals surface area (Å²) < 4.78 is 0.902. The molecule has 104 valence electrons. The molecule has 0 aromatic heterocycles. The van der Waals surface area contributed by atoms with Crippen molar-refractivity contribution in [1.29, 1.82) is 5.41 Å². The van der Waals surface area contributed by atoms with Crippen molar-refractivity contribution in [2.75, 3.05) is 11.9 Å². The fourth-order valence-corrected chi connectivity index (χ4v) is 3.11. The van der Waals surface area contributed by atoms with Crippen LogP contribution in [0.15, 0.2) is 22.7 Å². The summed E-state index contributed by atoms with van der Waals surface area (Å²) >= 11 is 3.40. The normalized spacial score (nSPS) is 23.1. The molecule has 4 nitrogen and oxygen atoms in total. The molecule has 1 fully saturated rings. The molecule has 4 N–H and O–H groups in total. The number of amidine groups is 1. The van der Waals surface area contributed by atoms with Crippen LogP contribution in [0.4, 0.5) is 5.69 Å². The average Bonchev–Trinajstić information content (AvgIpc) is 2.38. The van der Waals surface area contributed by atoms with Gasteiger partial charge in [0, 0.05) is 22.8 Å². The van der Waals surface area contributed by atoms with Gasteiger partial charge in [-0.15, -0.1) is 0 Å². The molecule has 1 aromatic rings. The van der Waals surface area contributed by atoms with E-state index in [4.69, 9.17) is 11.1 Å². The van der Waals surface area contributed by atoms with Crippen molar-refractivity contribution in [2.24, 2.45) is 5.73 Å². The second kappa shape index (κ2) is 5.92. The number of hydrogen-bond acceptors (Lipinski definition) is 3. The number of likely N-dealkylation sites (N-methyl/N-ethyl adjacent to an activating group) is 1. The van der Waals surface area contributed by atoms with Gasteiger partial charge in [-0.05, 0) is 31.0 Å². The Balaban J connectivity index is 2.32. The maximum atomic E-state index is 10.1. The first kappa shape index (κ1) is 14.3. The zero-order chi connectivity index (χ0) is 14.0. The van der Waals surface area contributed by atoms with Gasteiger partial charge in [0.05, 0.1) is 12.1 Å². The van der Waals surface area contributed by atoms with Crippen LogP contribution in [0.5, 0.6) is 0 Å². The predicted molar refractivity (Wildman–Crippen MR) is 81.8 cm³/mol. The maximum Gasteiger partial charge on any atom is 0.124 e. The molecule has 0 bridgehead atoms. The molecule has 1 aromatic carbocycles. The summed E-state index contributed by atoms with van der Waals surface area (Å²) in [5.41, 5.74) is 7.27. The van der Waals surface area contributed by atoms with Crippen LogP contribution in [0.2, 0.25) is 0 Å². The SMILES string of the molecule is CN(c1ccc(Br)cc1C(=N)N)C1CCCCC1O. The van der Waals surface area contributed by atoms with Gasteiger partial charge >= 0.3 is 0 Å². The minimum Gasteiger partial charge on any atom is -0.391 e. The van der Waals surface area contributed by atoms with Crippen molar-refractivity contribution >= 4 is 27.5 Å². The van der Waals surface area contributed by atoms with E-state index < -0.39 is 0 Å². The number of nitrogens with two attached hydrogens (primary N) is 1. The standard InChI is InChI=1S/C14H20BrN3O/c1-18(12-4-2-3-5-13(12)19)11-7-6-9(15)8-10(11)14(16)17/h6-8,12-13,19H,2-5H2,1H3,(H3,16,17). The highest BCUT2D eigenvalue weighted by atomic mass is 79.9. The lowest BCUT2D eigenvalue weighted by molar-refractivity contribution is 0.106. The summed E-state index contributed by atoms with van der Waals surface area (Å²) in [5.74, 6) is 0.0495. The molecule has 19 heavy (non-hydrogen) atoms. The van der Waals surface area contributed by atoms with Gasteiger partial charge in [-0.2, -0.15) is 0 Å². The van der Waals surface area contributed by atoms with Gasteiger partial charge < -0.3 is 15.7 Å². The highest BCUT2D eigenvalue weighted by Crippen LogP contribution is 2.30. The molecule has 0 heterocycles. The second-order valence-electron chi connectivity index (χ2n) is 5.11. The van der Waals surface area contributed by atoms with Crippen LogP contribution in [0.1, 0.15) is 31.2 Å². The number of hydrogen-bond donors (Lipinski definition) is 3. The number of benzene rings is 1. The van der Waals surface area contributed by atoms with Gasteiger partial charge in [0.25, 0.3) is 0 Å². The summed E-state index contributed by atoms with van der Waals surface area (Å²) in [6.07, 6.45) is 3.75. The van der Waals surface area contributed by atoms with Crippen LogP contribution in [0.3, 0.4) is 0 Å². The summed E-state index contributed by atoms with van der Waals surface area (Å²) in [4.78, 5) is 2.06. The van der Waals surface area contributed by atoms with Crippen LogP contribution in [0.25, 0.3) is 0 Å². The maximum absolute atomic E-state index is 10.1. The Bertz CT molecular complexity index is 478. The number of rotatable bonds is 3. The number of anilines is 1. The molecule has 5 heteroatoms. The van der Waals surface area contributed by atoms with E-state index in [9.17, 15) is 5.11 Å². The lowest BCUT2D eigenvalue weighted by atomic mass is 9.91. The topological polar surface area (TPSA) is 73.3 Å². The van der Waals surface area contributed by atoms with Crippen LogP contribution in [0, 0.1) is 5.41 Å². The van der Waals surface area contributed by atoms with E-state index in [0.717, 1.165) is 35.8 Å². The Morgan fingerprint density at radius 1 is 1.42 bits per heavy atom. The van der Waals surface area contributed by atoms with E-state index in [2.05, 4.69) is 20.8 Å². The molecule has 0 aliphatic heterocycles. The van der Waals surface area contributed by atoms with Gasteiger partial charge in [-0.1, -0.05) is 28.8 Å². The van der Waals surface area contributed by atoms with Gasteiger partial charge in [0.1, 0.15) is 5.84 Å². The second-order valence-corrected chi connectivity index (χ2v) is 6.02. The van der Waals surface area contributed by atoms with Crippen LogP contribution in [-0.2, 0) is 0 Å². The molecule has 0 radical (unpaired) electrons. The molecular formula is C14H20BrN3O. The Labute approximate surface area is 122 Å². The number of nitrogens with zero attached hydrogens (tertiary/aromatic N) is 1. The van der Waals surface area contributed by atoms with Gasteiger partial charge in [0.15, 0.2) is 0 Å². The molecule has 2 rings (SSSR count). The van der Waals surface area contributed by atoms with Gasteiger partial charge in [-0.3, -0.25) is 5.41 Å². The molecule has 0 amide bonds. The zero-order valence-electron chi connectivity index (χ0n) is 11.1. The minimum absolute atomic E-state index is 0.0495. The van der Waals surface area contributed by atoms with Gasteiger partial charge in [0.2, 0.25) is 0 Å². The van der Waals surface area contributed by atoms with E-state index in [1.807, 2.05) is 25.2 Å². The van der Waals surface area contributed by atoms with Crippen molar-refractivity contribution in [1.82, 2.24) is 0 Å². The van der Waals surface area contributed by atoms with Crippen molar-refractivity contribution < 1.29 is 5.11 Å². The third-order valence-electron chi connectivity index (χ3n) is 3.82. The first-order chi connectivity index (χ1) is 9.00. The van der Waals surface area contributed by atoms with Crippen molar-refractivity contribution in [3.63, 3.8) is 0 Å². The average molecular weight is 326 g/mol. The molecule has 2 unspecified atom stereocenters. The van der Waals surface area contributed by atoms with Crippen molar-refractivity contribution in [3.05, 3.63) is 28.2 Å².